The van der Waals surface area contributed by atoms with Crippen LogP contribution in [0.25, 0.3) is 22.2 Å². The lowest BCUT2D eigenvalue weighted by Gasteiger charge is -2.09. The van der Waals surface area contributed by atoms with Crippen molar-refractivity contribution in [1.29, 1.82) is 0 Å². The second-order valence-corrected chi connectivity index (χ2v) is 5.71. The SMILES string of the molecule is Cl.Cl.FC(F)(F)c1cccc(-c2cnc3cnn(Cc4cnccn4)c3c2)c1. The van der Waals surface area contributed by atoms with Gasteiger partial charge in [-0.1, -0.05) is 12.1 Å². The van der Waals surface area contributed by atoms with Crippen LogP contribution in [0, 0.1) is 0 Å². The molecule has 4 rings (SSSR count). The number of benzene rings is 1. The fourth-order valence-corrected chi connectivity index (χ4v) is 2.68. The Balaban J connectivity index is 0.00000140. The van der Waals surface area contributed by atoms with Gasteiger partial charge in [-0.15, -0.1) is 24.8 Å². The minimum Gasteiger partial charge on any atom is -0.261 e. The van der Waals surface area contributed by atoms with Crippen LogP contribution >= 0.6 is 24.8 Å². The van der Waals surface area contributed by atoms with E-state index in [1.54, 1.807) is 47.8 Å². The quantitative estimate of drug-likeness (QED) is 0.471. The third kappa shape index (κ3) is 4.40. The van der Waals surface area contributed by atoms with Gasteiger partial charge in [0.05, 0.1) is 35.7 Å². The van der Waals surface area contributed by atoms with Crippen LogP contribution in [0.1, 0.15) is 11.3 Å². The molecule has 0 spiro atoms. The maximum absolute atomic E-state index is 13.0. The normalized spacial score (nSPS) is 11.0. The molecule has 0 amide bonds. The van der Waals surface area contributed by atoms with Crippen molar-refractivity contribution in [2.75, 3.05) is 0 Å². The van der Waals surface area contributed by atoms with Crippen LogP contribution in [-0.4, -0.2) is 24.7 Å². The van der Waals surface area contributed by atoms with E-state index >= 15 is 0 Å². The number of alkyl halides is 3. The van der Waals surface area contributed by atoms with Crippen molar-refractivity contribution >= 4 is 35.8 Å². The molecule has 10 heteroatoms. The average Bonchev–Trinajstić information content (AvgIpc) is 3.04. The largest absolute Gasteiger partial charge is 0.416 e. The molecule has 146 valence electrons. The topological polar surface area (TPSA) is 56.5 Å². The zero-order chi connectivity index (χ0) is 18.1. The zero-order valence-electron chi connectivity index (χ0n) is 14.2. The Morgan fingerprint density at radius 1 is 0.893 bits per heavy atom. The maximum atomic E-state index is 13.0. The minimum atomic E-state index is -4.39. The molecule has 0 aliphatic heterocycles. The van der Waals surface area contributed by atoms with Gasteiger partial charge >= 0.3 is 6.18 Å². The summed E-state index contributed by atoms with van der Waals surface area (Å²) in [6.45, 7) is 0.394. The number of hydrogen-bond acceptors (Lipinski definition) is 4. The van der Waals surface area contributed by atoms with Gasteiger partial charge in [0.25, 0.3) is 0 Å². The summed E-state index contributed by atoms with van der Waals surface area (Å²) in [6, 6.07) is 6.96. The van der Waals surface area contributed by atoms with Gasteiger partial charge < -0.3 is 0 Å². The van der Waals surface area contributed by atoms with E-state index in [1.807, 2.05) is 0 Å². The molecule has 0 aliphatic rings. The van der Waals surface area contributed by atoms with Gasteiger partial charge in [0, 0.05) is 24.2 Å². The van der Waals surface area contributed by atoms with Crippen molar-refractivity contribution in [2.45, 2.75) is 12.7 Å². The summed E-state index contributed by atoms with van der Waals surface area (Å²) in [7, 11) is 0. The fraction of sp³-hybridized carbons (Fsp3) is 0.111. The molecule has 0 saturated carbocycles. The summed E-state index contributed by atoms with van der Waals surface area (Å²) in [6.07, 6.45) is 3.58. The molecule has 0 saturated heterocycles. The molecule has 0 aliphatic carbocycles. The Morgan fingerprint density at radius 3 is 2.43 bits per heavy atom. The van der Waals surface area contributed by atoms with Gasteiger partial charge in [0.2, 0.25) is 0 Å². The second kappa shape index (κ2) is 8.53. The average molecular weight is 428 g/mol. The van der Waals surface area contributed by atoms with Gasteiger partial charge in [0.15, 0.2) is 0 Å². The van der Waals surface area contributed by atoms with E-state index in [0.717, 1.165) is 17.8 Å². The first kappa shape index (κ1) is 21.6. The molecule has 0 bridgehead atoms. The molecule has 3 aromatic heterocycles. The fourth-order valence-electron chi connectivity index (χ4n) is 2.68. The highest BCUT2D eigenvalue weighted by atomic mass is 35.5. The molecule has 0 radical (unpaired) electrons. The van der Waals surface area contributed by atoms with Gasteiger partial charge in [-0.2, -0.15) is 18.3 Å². The lowest BCUT2D eigenvalue weighted by molar-refractivity contribution is -0.137. The van der Waals surface area contributed by atoms with E-state index in [9.17, 15) is 13.2 Å². The summed E-state index contributed by atoms with van der Waals surface area (Å²) >= 11 is 0. The first-order chi connectivity index (χ1) is 12.5. The second-order valence-electron chi connectivity index (χ2n) is 5.71. The molecule has 5 nitrogen and oxygen atoms in total. The van der Waals surface area contributed by atoms with E-state index in [4.69, 9.17) is 0 Å². The van der Waals surface area contributed by atoms with Crippen molar-refractivity contribution in [3.05, 3.63) is 72.6 Å². The van der Waals surface area contributed by atoms with Crippen molar-refractivity contribution in [1.82, 2.24) is 24.7 Å². The monoisotopic (exact) mass is 427 g/mol. The van der Waals surface area contributed by atoms with Crippen LogP contribution in [0.5, 0.6) is 0 Å². The standard InChI is InChI=1S/C18H12F3N5.2ClH/c19-18(20,21)14-3-1-2-12(6-14)13-7-17-16(24-8-13)10-25-26(17)11-15-9-22-4-5-23-15;;/h1-10H,11H2;2*1H. The highest BCUT2D eigenvalue weighted by Gasteiger charge is 2.30. The Morgan fingerprint density at radius 2 is 1.71 bits per heavy atom. The molecular formula is C18H14Cl2F3N5. The van der Waals surface area contributed by atoms with E-state index in [2.05, 4.69) is 20.1 Å². The number of nitrogens with zero attached hydrogens (tertiary/aromatic N) is 5. The summed E-state index contributed by atoms with van der Waals surface area (Å²) in [5.41, 5.74) is 2.44. The van der Waals surface area contributed by atoms with Gasteiger partial charge in [-0.3, -0.25) is 19.6 Å². The van der Waals surface area contributed by atoms with E-state index in [1.165, 1.54) is 6.07 Å². The zero-order valence-corrected chi connectivity index (χ0v) is 15.8. The van der Waals surface area contributed by atoms with Crippen LogP contribution in [0.2, 0.25) is 0 Å². The van der Waals surface area contributed by atoms with E-state index < -0.39 is 11.7 Å². The molecule has 0 atom stereocenters. The van der Waals surface area contributed by atoms with Crippen LogP contribution in [-0.2, 0) is 12.7 Å². The minimum absolute atomic E-state index is 0. The molecule has 28 heavy (non-hydrogen) atoms. The number of fused-ring (bicyclic) bond motifs is 1. The Hall–Kier alpha value is -2.71. The molecule has 3 heterocycles. The van der Waals surface area contributed by atoms with Crippen LogP contribution in [0.15, 0.2) is 61.3 Å². The van der Waals surface area contributed by atoms with Crippen molar-refractivity contribution < 1.29 is 13.2 Å². The summed E-state index contributed by atoms with van der Waals surface area (Å²) in [5, 5.41) is 4.29. The number of halogens is 5. The van der Waals surface area contributed by atoms with Crippen LogP contribution in [0.3, 0.4) is 0 Å². The molecule has 1 aromatic carbocycles. The van der Waals surface area contributed by atoms with Crippen molar-refractivity contribution in [2.24, 2.45) is 0 Å². The van der Waals surface area contributed by atoms with E-state index in [0.29, 0.717) is 28.7 Å². The summed E-state index contributed by atoms with van der Waals surface area (Å²) in [4.78, 5) is 12.5. The summed E-state index contributed by atoms with van der Waals surface area (Å²) in [5.74, 6) is 0. The van der Waals surface area contributed by atoms with Gasteiger partial charge in [0.1, 0.15) is 5.52 Å². The highest BCUT2D eigenvalue weighted by molar-refractivity contribution is 5.85. The number of hydrogen-bond donors (Lipinski definition) is 0. The molecule has 0 N–H and O–H groups in total. The summed E-state index contributed by atoms with van der Waals surface area (Å²) < 4.78 is 40.6. The van der Waals surface area contributed by atoms with Crippen LogP contribution < -0.4 is 0 Å². The first-order valence-electron chi connectivity index (χ1n) is 7.75. The van der Waals surface area contributed by atoms with Gasteiger partial charge in [-0.25, -0.2) is 0 Å². The molecule has 0 unspecified atom stereocenters. The maximum Gasteiger partial charge on any atom is 0.416 e. The number of rotatable bonds is 3. The van der Waals surface area contributed by atoms with Crippen molar-refractivity contribution in [3.8, 4) is 11.1 Å². The molecule has 0 fully saturated rings. The Bertz CT molecular complexity index is 1070. The number of aromatic nitrogens is 5. The van der Waals surface area contributed by atoms with E-state index in [-0.39, 0.29) is 24.8 Å². The molecular weight excluding hydrogens is 414 g/mol. The Kier molecular flexibility index (Phi) is 6.58. The van der Waals surface area contributed by atoms with Crippen molar-refractivity contribution in [3.63, 3.8) is 0 Å². The van der Waals surface area contributed by atoms with Gasteiger partial charge in [-0.05, 0) is 23.8 Å². The van der Waals surface area contributed by atoms with Crippen LogP contribution in [0.4, 0.5) is 13.2 Å². The predicted octanol–water partition coefficient (Wildman–Crippen LogP) is 4.80. The third-order valence-electron chi connectivity index (χ3n) is 3.95. The molecule has 4 aromatic rings. The first-order valence-corrected chi connectivity index (χ1v) is 7.75. The lowest BCUT2D eigenvalue weighted by Crippen LogP contribution is -2.05. The third-order valence-corrected chi connectivity index (χ3v) is 3.95. The highest BCUT2D eigenvalue weighted by Crippen LogP contribution is 2.32. The lowest BCUT2D eigenvalue weighted by atomic mass is 10.0. The predicted molar refractivity (Wildman–Crippen MR) is 104 cm³/mol. The Labute approximate surface area is 170 Å². The number of pyridine rings is 1. The smallest absolute Gasteiger partial charge is 0.261 e.